The lowest BCUT2D eigenvalue weighted by Gasteiger charge is -2.21. The number of urea groups is 1. The maximum absolute atomic E-state index is 12.0. The summed E-state index contributed by atoms with van der Waals surface area (Å²) in [4.78, 5) is 25.4. The fourth-order valence-corrected chi connectivity index (χ4v) is 2.80. The van der Waals surface area contributed by atoms with Crippen LogP contribution in [0.1, 0.15) is 24.3 Å². The van der Waals surface area contributed by atoms with Crippen molar-refractivity contribution in [2.75, 3.05) is 13.6 Å². The number of carboxylic acids is 1. The molecule has 19 heavy (non-hydrogen) atoms. The van der Waals surface area contributed by atoms with Gasteiger partial charge in [0, 0.05) is 18.5 Å². The van der Waals surface area contributed by atoms with E-state index in [2.05, 4.69) is 12.2 Å². The molecule has 1 aliphatic carbocycles. The van der Waals surface area contributed by atoms with Crippen molar-refractivity contribution in [1.82, 2.24) is 10.2 Å². The highest BCUT2D eigenvalue weighted by Gasteiger charge is 2.34. The number of hydrogen-bond donors (Lipinski definition) is 2. The first-order chi connectivity index (χ1) is 8.99. The van der Waals surface area contributed by atoms with Gasteiger partial charge in [-0.25, -0.2) is 9.59 Å². The quantitative estimate of drug-likeness (QED) is 0.869. The highest BCUT2D eigenvalue weighted by molar-refractivity contribution is 7.10. The highest BCUT2D eigenvalue weighted by atomic mass is 32.1. The van der Waals surface area contributed by atoms with Crippen molar-refractivity contribution in [2.45, 2.75) is 19.4 Å². The van der Waals surface area contributed by atoms with Crippen LogP contribution in [0.3, 0.4) is 0 Å². The predicted octanol–water partition coefficient (Wildman–Crippen LogP) is 2.17. The van der Waals surface area contributed by atoms with Gasteiger partial charge in [0.15, 0.2) is 6.04 Å². The largest absolute Gasteiger partial charge is 0.479 e. The Labute approximate surface area is 116 Å². The molecular weight excluding hydrogens is 264 g/mol. The number of nitrogens with zero attached hydrogens (tertiary/aromatic N) is 1. The van der Waals surface area contributed by atoms with E-state index in [0.717, 1.165) is 6.42 Å². The molecule has 0 bridgehead atoms. The summed E-state index contributed by atoms with van der Waals surface area (Å²) >= 11 is 1.33. The number of carboxylic acid groups (broad SMARTS) is 1. The smallest absolute Gasteiger partial charge is 0.331 e. The number of thiophene rings is 1. The summed E-state index contributed by atoms with van der Waals surface area (Å²) in [6, 6.07) is 2.19. The number of hydrogen-bond acceptors (Lipinski definition) is 3. The molecule has 0 radical (unpaired) electrons. The van der Waals surface area contributed by atoms with Gasteiger partial charge < -0.3 is 15.3 Å². The molecule has 0 aliphatic heterocycles. The van der Waals surface area contributed by atoms with Gasteiger partial charge in [-0.1, -0.05) is 13.0 Å². The lowest BCUT2D eigenvalue weighted by molar-refractivity contribution is -0.139. The van der Waals surface area contributed by atoms with Crippen molar-refractivity contribution in [2.24, 2.45) is 11.8 Å². The van der Waals surface area contributed by atoms with Crippen LogP contribution in [-0.2, 0) is 4.79 Å². The van der Waals surface area contributed by atoms with E-state index in [4.69, 9.17) is 0 Å². The van der Waals surface area contributed by atoms with E-state index >= 15 is 0 Å². The van der Waals surface area contributed by atoms with Crippen molar-refractivity contribution in [3.8, 4) is 0 Å². The summed E-state index contributed by atoms with van der Waals surface area (Å²) < 4.78 is 0. The van der Waals surface area contributed by atoms with Crippen LogP contribution in [0.5, 0.6) is 0 Å². The monoisotopic (exact) mass is 282 g/mol. The van der Waals surface area contributed by atoms with Gasteiger partial charge in [0.2, 0.25) is 0 Å². The Hall–Kier alpha value is -1.56. The molecule has 1 aromatic rings. The van der Waals surface area contributed by atoms with Crippen LogP contribution < -0.4 is 5.32 Å². The van der Waals surface area contributed by atoms with E-state index < -0.39 is 12.0 Å². The topological polar surface area (TPSA) is 69.6 Å². The van der Waals surface area contributed by atoms with Crippen LogP contribution in [0.2, 0.25) is 0 Å². The van der Waals surface area contributed by atoms with E-state index in [-0.39, 0.29) is 6.03 Å². The van der Waals surface area contributed by atoms with Crippen LogP contribution in [0.4, 0.5) is 4.79 Å². The number of amides is 2. The molecule has 0 spiro atoms. The van der Waals surface area contributed by atoms with Gasteiger partial charge in [-0.05, 0) is 29.7 Å². The van der Waals surface area contributed by atoms with E-state index in [9.17, 15) is 14.7 Å². The van der Waals surface area contributed by atoms with E-state index in [1.54, 1.807) is 29.5 Å². The fraction of sp³-hybridized carbons (Fsp3) is 0.538. The molecule has 1 saturated carbocycles. The molecule has 1 aromatic heterocycles. The van der Waals surface area contributed by atoms with Gasteiger partial charge in [-0.15, -0.1) is 11.3 Å². The van der Waals surface area contributed by atoms with Crippen molar-refractivity contribution < 1.29 is 14.7 Å². The number of nitrogens with one attached hydrogen (secondary N) is 1. The minimum absolute atomic E-state index is 0.333. The zero-order valence-corrected chi connectivity index (χ0v) is 11.8. The summed E-state index contributed by atoms with van der Waals surface area (Å²) in [5, 5.41) is 13.5. The zero-order chi connectivity index (χ0) is 14.0. The highest BCUT2D eigenvalue weighted by Crippen LogP contribution is 2.37. The number of aliphatic carboxylic acids is 1. The molecular formula is C13H18N2O3S. The summed E-state index contributed by atoms with van der Waals surface area (Å²) in [7, 11) is 1.70. The van der Waals surface area contributed by atoms with Gasteiger partial charge in [0.1, 0.15) is 0 Å². The molecule has 3 atom stereocenters. The molecule has 2 rings (SSSR count). The Kier molecular flexibility index (Phi) is 4.09. The van der Waals surface area contributed by atoms with Crippen LogP contribution in [0.15, 0.2) is 17.5 Å². The zero-order valence-electron chi connectivity index (χ0n) is 11.0. The third-order valence-electron chi connectivity index (χ3n) is 3.47. The number of carbonyl (C=O) groups excluding carboxylic acids is 1. The first-order valence-corrected chi connectivity index (χ1v) is 7.15. The third kappa shape index (κ3) is 3.47. The lowest BCUT2D eigenvalue weighted by Crippen LogP contribution is -2.42. The van der Waals surface area contributed by atoms with Crippen molar-refractivity contribution >= 4 is 23.3 Å². The molecule has 5 nitrogen and oxygen atoms in total. The number of rotatable bonds is 5. The predicted molar refractivity (Wildman–Crippen MR) is 73.1 cm³/mol. The number of carbonyl (C=O) groups is 2. The fourth-order valence-electron chi connectivity index (χ4n) is 2.03. The summed E-state index contributed by atoms with van der Waals surface area (Å²) in [5.74, 6) is 0.188. The molecule has 6 heteroatoms. The normalized spacial score (nSPS) is 22.6. The van der Waals surface area contributed by atoms with Gasteiger partial charge in [0.05, 0.1) is 0 Å². The molecule has 2 amide bonds. The van der Waals surface area contributed by atoms with E-state index in [0.29, 0.717) is 23.3 Å². The average molecular weight is 282 g/mol. The maximum atomic E-state index is 12.0. The van der Waals surface area contributed by atoms with Gasteiger partial charge >= 0.3 is 12.0 Å². The van der Waals surface area contributed by atoms with Crippen molar-refractivity contribution in [3.63, 3.8) is 0 Å². The van der Waals surface area contributed by atoms with Crippen molar-refractivity contribution in [1.29, 1.82) is 0 Å². The Morgan fingerprint density at radius 1 is 1.63 bits per heavy atom. The Morgan fingerprint density at radius 3 is 2.79 bits per heavy atom. The van der Waals surface area contributed by atoms with Crippen LogP contribution in [-0.4, -0.2) is 35.6 Å². The molecule has 3 unspecified atom stereocenters. The minimum Gasteiger partial charge on any atom is -0.479 e. The van der Waals surface area contributed by atoms with Crippen LogP contribution in [0.25, 0.3) is 0 Å². The first-order valence-electron chi connectivity index (χ1n) is 6.27. The minimum atomic E-state index is -1.04. The Morgan fingerprint density at radius 2 is 2.32 bits per heavy atom. The van der Waals surface area contributed by atoms with E-state index in [1.165, 1.54) is 11.3 Å². The van der Waals surface area contributed by atoms with E-state index in [1.807, 2.05) is 0 Å². The maximum Gasteiger partial charge on any atom is 0.331 e. The molecule has 0 aromatic carbocycles. The third-order valence-corrected chi connectivity index (χ3v) is 4.41. The lowest BCUT2D eigenvalue weighted by atomic mass is 10.2. The molecule has 1 aliphatic rings. The van der Waals surface area contributed by atoms with Gasteiger partial charge in [-0.3, -0.25) is 0 Å². The van der Waals surface area contributed by atoms with Gasteiger partial charge in [-0.2, -0.15) is 0 Å². The second-order valence-electron chi connectivity index (χ2n) is 5.09. The van der Waals surface area contributed by atoms with Crippen molar-refractivity contribution in [3.05, 3.63) is 22.4 Å². The molecule has 1 heterocycles. The summed E-state index contributed by atoms with van der Waals surface area (Å²) in [5.41, 5.74) is 0. The Bertz CT molecular complexity index is 460. The van der Waals surface area contributed by atoms with Crippen LogP contribution >= 0.6 is 11.3 Å². The second-order valence-corrected chi connectivity index (χ2v) is 6.07. The Balaban J connectivity index is 1.93. The first kappa shape index (κ1) is 13.9. The van der Waals surface area contributed by atoms with Gasteiger partial charge in [0.25, 0.3) is 0 Å². The standard InChI is InChI=1S/C13H18N2O3S/c1-8-6-9(8)7-15(2)13(18)14-11(12(16)17)10-4-3-5-19-10/h3-5,8-9,11H,6-7H2,1-2H3,(H,14,18)(H,16,17). The average Bonchev–Trinajstić information content (AvgIpc) is 2.82. The molecule has 104 valence electrons. The summed E-state index contributed by atoms with van der Waals surface area (Å²) in [6.45, 7) is 2.84. The molecule has 1 fully saturated rings. The molecule has 2 N–H and O–H groups in total. The second kappa shape index (κ2) is 5.61. The molecule has 0 saturated heterocycles. The van der Waals surface area contributed by atoms with Crippen LogP contribution in [0, 0.1) is 11.8 Å². The SMILES string of the molecule is CC1CC1CN(C)C(=O)NC(C(=O)O)c1cccs1. The summed E-state index contributed by atoms with van der Waals surface area (Å²) in [6.07, 6.45) is 1.14.